The summed E-state index contributed by atoms with van der Waals surface area (Å²) in [6.07, 6.45) is 1.41. The van der Waals surface area contributed by atoms with E-state index in [0.29, 0.717) is 11.6 Å². The Balaban J connectivity index is 2.26. The second-order valence-corrected chi connectivity index (χ2v) is 4.26. The third-order valence-corrected chi connectivity index (χ3v) is 2.37. The van der Waals surface area contributed by atoms with Crippen LogP contribution in [0.5, 0.6) is 0 Å². The lowest BCUT2D eigenvalue weighted by Crippen LogP contribution is -2.37. The van der Waals surface area contributed by atoms with Gasteiger partial charge in [-0.05, 0) is 13.8 Å². The zero-order valence-electron chi connectivity index (χ0n) is 9.75. The van der Waals surface area contributed by atoms with Crippen LogP contribution in [0.1, 0.15) is 12.6 Å². The fourth-order valence-electron chi connectivity index (χ4n) is 1.39. The maximum atomic E-state index is 9.70. The Morgan fingerprint density at radius 3 is 3.00 bits per heavy atom. The first-order valence-corrected chi connectivity index (χ1v) is 5.26. The molecular formula is C10H15N5O2. The van der Waals surface area contributed by atoms with Crippen molar-refractivity contribution < 1.29 is 10.2 Å². The van der Waals surface area contributed by atoms with Gasteiger partial charge in [-0.15, -0.1) is 0 Å². The molecule has 17 heavy (non-hydrogen) atoms. The Kier molecular flexibility index (Phi) is 2.95. The van der Waals surface area contributed by atoms with Gasteiger partial charge in [-0.25, -0.2) is 4.98 Å². The molecule has 0 spiro atoms. The highest BCUT2D eigenvalue weighted by Crippen LogP contribution is 2.11. The van der Waals surface area contributed by atoms with E-state index >= 15 is 0 Å². The monoisotopic (exact) mass is 237 g/mol. The fourth-order valence-corrected chi connectivity index (χ4v) is 1.39. The van der Waals surface area contributed by atoms with Crippen LogP contribution in [0.15, 0.2) is 12.4 Å². The standard InChI is InChI=1S/C10H15N5O2/c1-7-3-8(11-4-10(2,17)5-16)15-9(14-7)12-6-13-15/h3,6,11,16-17H,4-5H2,1-2H3. The van der Waals surface area contributed by atoms with E-state index in [0.717, 1.165) is 5.69 Å². The maximum Gasteiger partial charge on any atom is 0.254 e. The number of aliphatic hydroxyl groups is 2. The summed E-state index contributed by atoms with van der Waals surface area (Å²) in [6.45, 7) is 3.29. The molecule has 1 atom stereocenters. The number of fused-ring (bicyclic) bond motifs is 1. The summed E-state index contributed by atoms with van der Waals surface area (Å²) in [5.41, 5.74) is -0.374. The van der Waals surface area contributed by atoms with Gasteiger partial charge in [0.1, 0.15) is 17.7 Å². The van der Waals surface area contributed by atoms with E-state index in [-0.39, 0.29) is 13.2 Å². The molecule has 2 heterocycles. The highest BCUT2D eigenvalue weighted by Gasteiger charge is 2.19. The Hall–Kier alpha value is -1.73. The van der Waals surface area contributed by atoms with Gasteiger partial charge in [-0.1, -0.05) is 0 Å². The molecule has 7 heteroatoms. The molecule has 0 fully saturated rings. The first-order chi connectivity index (χ1) is 8.02. The SMILES string of the molecule is Cc1cc(NCC(C)(O)CO)n2ncnc2n1. The lowest BCUT2D eigenvalue weighted by Gasteiger charge is -2.21. The van der Waals surface area contributed by atoms with Crippen molar-refractivity contribution in [2.45, 2.75) is 19.4 Å². The van der Waals surface area contributed by atoms with Crippen LogP contribution in [0.2, 0.25) is 0 Å². The number of aromatic nitrogens is 4. The smallest absolute Gasteiger partial charge is 0.254 e. The summed E-state index contributed by atoms with van der Waals surface area (Å²) in [7, 11) is 0. The third kappa shape index (κ3) is 2.51. The molecule has 0 bridgehead atoms. The minimum absolute atomic E-state index is 0.210. The average molecular weight is 237 g/mol. The van der Waals surface area contributed by atoms with Gasteiger partial charge >= 0.3 is 0 Å². The molecule has 0 aromatic carbocycles. The van der Waals surface area contributed by atoms with E-state index in [2.05, 4.69) is 20.4 Å². The van der Waals surface area contributed by atoms with Crippen molar-refractivity contribution in [1.82, 2.24) is 19.6 Å². The van der Waals surface area contributed by atoms with Crippen LogP contribution in [0.25, 0.3) is 5.78 Å². The van der Waals surface area contributed by atoms with Crippen LogP contribution in [0.4, 0.5) is 5.82 Å². The Bertz CT molecular complexity index is 522. The number of rotatable bonds is 4. The van der Waals surface area contributed by atoms with Crippen molar-refractivity contribution in [2.75, 3.05) is 18.5 Å². The Labute approximate surface area is 98.1 Å². The molecule has 0 amide bonds. The van der Waals surface area contributed by atoms with E-state index < -0.39 is 5.60 Å². The van der Waals surface area contributed by atoms with Gasteiger partial charge in [0.2, 0.25) is 0 Å². The molecule has 2 rings (SSSR count). The number of nitrogens with zero attached hydrogens (tertiary/aromatic N) is 4. The van der Waals surface area contributed by atoms with Crippen molar-refractivity contribution in [3.63, 3.8) is 0 Å². The summed E-state index contributed by atoms with van der Waals surface area (Å²) >= 11 is 0. The topological polar surface area (TPSA) is 95.6 Å². The van der Waals surface area contributed by atoms with Crippen molar-refractivity contribution in [3.8, 4) is 0 Å². The van der Waals surface area contributed by atoms with Gasteiger partial charge in [0, 0.05) is 18.3 Å². The number of aliphatic hydroxyl groups excluding tert-OH is 1. The lowest BCUT2D eigenvalue weighted by atomic mass is 10.1. The summed E-state index contributed by atoms with van der Waals surface area (Å²) < 4.78 is 1.54. The molecule has 92 valence electrons. The van der Waals surface area contributed by atoms with Crippen molar-refractivity contribution in [3.05, 3.63) is 18.1 Å². The predicted octanol–water partition coefficient (Wildman–Crippen LogP) is -0.412. The largest absolute Gasteiger partial charge is 0.393 e. The van der Waals surface area contributed by atoms with Gasteiger partial charge in [0.25, 0.3) is 5.78 Å². The zero-order valence-corrected chi connectivity index (χ0v) is 9.75. The molecule has 2 aromatic heterocycles. The predicted molar refractivity (Wildman–Crippen MR) is 61.7 cm³/mol. The minimum Gasteiger partial charge on any atom is -0.393 e. The van der Waals surface area contributed by atoms with Crippen molar-refractivity contribution in [1.29, 1.82) is 0 Å². The second kappa shape index (κ2) is 4.27. The summed E-state index contributed by atoms with van der Waals surface area (Å²) in [5, 5.41) is 25.7. The molecule has 1 unspecified atom stereocenters. The molecule has 0 saturated heterocycles. The molecule has 3 N–H and O–H groups in total. The van der Waals surface area contributed by atoms with Gasteiger partial charge in [-0.3, -0.25) is 0 Å². The van der Waals surface area contributed by atoms with Gasteiger partial charge in [-0.2, -0.15) is 14.6 Å². The van der Waals surface area contributed by atoms with E-state index in [1.54, 1.807) is 17.5 Å². The van der Waals surface area contributed by atoms with E-state index in [9.17, 15) is 5.11 Å². The van der Waals surface area contributed by atoms with Crippen LogP contribution in [0.3, 0.4) is 0 Å². The molecule has 0 aliphatic carbocycles. The normalized spacial score (nSPS) is 14.8. The number of hydrogen-bond donors (Lipinski definition) is 3. The van der Waals surface area contributed by atoms with Gasteiger partial charge in [0.15, 0.2) is 0 Å². The first-order valence-electron chi connectivity index (χ1n) is 5.26. The number of anilines is 1. The zero-order chi connectivity index (χ0) is 12.5. The third-order valence-electron chi connectivity index (χ3n) is 2.37. The van der Waals surface area contributed by atoms with Crippen LogP contribution in [-0.2, 0) is 0 Å². The van der Waals surface area contributed by atoms with Crippen molar-refractivity contribution >= 4 is 11.6 Å². The van der Waals surface area contributed by atoms with Gasteiger partial charge in [0.05, 0.1) is 6.61 Å². The maximum absolute atomic E-state index is 9.70. The molecular weight excluding hydrogens is 222 g/mol. The second-order valence-electron chi connectivity index (χ2n) is 4.26. The fraction of sp³-hybridized carbons (Fsp3) is 0.500. The molecule has 0 aliphatic heterocycles. The first kappa shape index (κ1) is 11.7. The van der Waals surface area contributed by atoms with E-state index in [1.165, 1.54) is 6.33 Å². The van der Waals surface area contributed by atoms with Crippen molar-refractivity contribution in [2.24, 2.45) is 0 Å². The molecule has 7 nitrogen and oxygen atoms in total. The highest BCUT2D eigenvalue weighted by atomic mass is 16.3. The number of aryl methyl sites for hydroxylation is 1. The highest BCUT2D eigenvalue weighted by molar-refractivity contribution is 5.44. The summed E-state index contributed by atoms with van der Waals surface area (Å²) in [5.74, 6) is 1.18. The quantitative estimate of drug-likeness (QED) is 0.669. The molecule has 0 radical (unpaired) electrons. The van der Waals surface area contributed by atoms with Crippen LogP contribution in [-0.4, -0.2) is 48.5 Å². The number of nitrogens with one attached hydrogen (secondary N) is 1. The average Bonchev–Trinajstić information content (AvgIpc) is 2.73. The van der Waals surface area contributed by atoms with Gasteiger partial charge < -0.3 is 15.5 Å². The van der Waals surface area contributed by atoms with E-state index in [4.69, 9.17) is 5.11 Å². The Morgan fingerprint density at radius 2 is 2.29 bits per heavy atom. The summed E-state index contributed by atoms with van der Waals surface area (Å²) in [6, 6.07) is 1.80. The minimum atomic E-state index is -1.18. The molecule has 0 saturated carbocycles. The van der Waals surface area contributed by atoms with Crippen LogP contribution >= 0.6 is 0 Å². The molecule has 0 aliphatic rings. The summed E-state index contributed by atoms with van der Waals surface area (Å²) in [4.78, 5) is 8.19. The number of hydrogen-bond acceptors (Lipinski definition) is 6. The molecule has 2 aromatic rings. The Morgan fingerprint density at radius 1 is 1.53 bits per heavy atom. The lowest BCUT2D eigenvalue weighted by molar-refractivity contribution is 0.0131. The van der Waals surface area contributed by atoms with Crippen LogP contribution < -0.4 is 5.32 Å². The van der Waals surface area contributed by atoms with E-state index in [1.807, 2.05) is 6.92 Å². The van der Waals surface area contributed by atoms with Crippen LogP contribution in [0, 0.1) is 6.92 Å².